The van der Waals surface area contributed by atoms with Gasteiger partial charge in [-0.25, -0.2) is 4.79 Å². The van der Waals surface area contributed by atoms with Crippen LogP contribution in [0, 0.1) is 11.8 Å². The summed E-state index contributed by atoms with van der Waals surface area (Å²) in [5.74, 6) is -0.153. The number of carbonyl (C=O) groups excluding carboxylic acids is 2. The first-order valence-electron chi connectivity index (χ1n) is 7.05. The van der Waals surface area contributed by atoms with E-state index in [9.17, 15) is 14.7 Å². The number of hydrogen-bond donors (Lipinski definition) is 1. The van der Waals surface area contributed by atoms with E-state index in [2.05, 4.69) is 13.8 Å². The Hall–Kier alpha value is -1.32. The summed E-state index contributed by atoms with van der Waals surface area (Å²) in [5.41, 5.74) is -0.776. The number of rotatable bonds is 1. The van der Waals surface area contributed by atoms with Crippen molar-refractivity contribution in [2.45, 2.75) is 58.5 Å². The van der Waals surface area contributed by atoms with Gasteiger partial charge in [-0.3, -0.25) is 4.79 Å². The fraction of sp³-hybridized carbons (Fsp3) is 0.733. The van der Waals surface area contributed by atoms with Gasteiger partial charge in [0.25, 0.3) is 0 Å². The summed E-state index contributed by atoms with van der Waals surface area (Å²) in [5, 5.41) is 9.67. The molecule has 1 N–H and O–H groups in total. The predicted octanol–water partition coefficient (Wildman–Crippen LogP) is 2.92. The van der Waals surface area contributed by atoms with Crippen LogP contribution in [-0.4, -0.2) is 22.5 Å². The van der Waals surface area contributed by atoms with Crippen molar-refractivity contribution in [1.82, 2.24) is 0 Å². The fourth-order valence-electron chi connectivity index (χ4n) is 3.67. The Morgan fingerprint density at radius 1 is 1.32 bits per heavy atom. The van der Waals surface area contributed by atoms with Crippen LogP contribution in [0.4, 0.5) is 0 Å². The van der Waals surface area contributed by atoms with Gasteiger partial charge in [0.05, 0.1) is 6.42 Å². The van der Waals surface area contributed by atoms with Gasteiger partial charge in [0.1, 0.15) is 16.9 Å². The number of ketones is 1. The van der Waals surface area contributed by atoms with E-state index in [0.717, 1.165) is 19.3 Å². The molecule has 1 aliphatic carbocycles. The molecule has 2 fully saturated rings. The van der Waals surface area contributed by atoms with Crippen LogP contribution in [0.1, 0.15) is 52.9 Å². The zero-order chi connectivity index (χ0) is 14.2. The second-order valence-corrected chi connectivity index (χ2v) is 6.20. The highest BCUT2D eigenvalue weighted by Gasteiger charge is 2.48. The van der Waals surface area contributed by atoms with Crippen molar-refractivity contribution in [3.05, 3.63) is 11.3 Å². The topological polar surface area (TPSA) is 63.6 Å². The second-order valence-electron chi connectivity index (χ2n) is 6.20. The van der Waals surface area contributed by atoms with Gasteiger partial charge in [0.15, 0.2) is 5.78 Å². The molecule has 0 radical (unpaired) electrons. The van der Waals surface area contributed by atoms with Gasteiger partial charge >= 0.3 is 5.97 Å². The maximum atomic E-state index is 12.2. The van der Waals surface area contributed by atoms with Gasteiger partial charge in [-0.2, -0.15) is 0 Å². The van der Waals surface area contributed by atoms with E-state index in [0.29, 0.717) is 11.8 Å². The highest BCUT2D eigenvalue weighted by atomic mass is 16.6. The average molecular weight is 266 g/mol. The zero-order valence-corrected chi connectivity index (χ0v) is 11.9. The lowest BCUT2D eigenvalue weighted by Crippen LogP contribution is -2.48. The van der Waals surface area contributed by atoms with E-state index < -0.39 is 11.6 Å². The number of aliphatic hydroxyl groups is 1. The Morgan fingerprint density at radius 2 is 1.89 bits per heavy atom. The average Bonchev–Trinajstić information content (AvgIpc) is 2.25. The summed E-state index contributed by atoms with van der Waals surface area (Å²) >= 11 is 0. The number of Topliss-reactive ketones (excluding diaryl/α,β-unsaturated/α-hetero) is 1. The third-order valence-electron chi connectivity index (χ3n) is 4.14. The normalized spacial score (nSPS) is 38.3. The molecule has 2 aliphatic rings. The standard InChI is InChI=1S/C15H22O4/c1-4-11(16)13-12(17)8-15(19-14(13)18)6-9(2)5-10(3)7-15/h9-10,16H,4-8H2,1-3H3. The highest BCUT2D eigenvalue weighted by molar-refractivity contribution is 6.19. The van der Waals surface area contributed by atoms with Gasteiger partial charge in [-0.1, -0.05) is 20.8 Å². The molecule has 1 spiro atoms. The molecule has 4 nitrogen and oxygen atoms in total. The van der Waals surface area contributed by atoms with E-state index in [-0.39, 0.29) is 30.0 Å². The van der Waals surface area contributed by atoms with Crippen molar-refractivity contribution in [2.75, 3.05) is 0 Å². The largest absolute Gasteiger partial charge is 0.511 e. The summed E-state index contributed by atoms with van der Waals surface area (Å²) in [7, 11) is 0. The molecule has 2 atom stereocenters. The molecule has 1 saturated heterocycles. The minimum Gasteiger partial charge on any atom is -0.511 e. The highest BCUT2D eigenvalue weighted by Crippen LogP contribution is 2.44. The SMILES string of the molecule is CCC(O)=C1C(=O)CC2(CC(C)CC(C)C2)OC1=O. The lowest BCUT2D eigenvalue weighted by molar-refractivity contribution is -0.171. The van der Waals surface area contributed by atoms with Crippen molar-refractivity contribution < 1.29 is 19.4 Å². The molecule has 0 bridgehead atoms. The predicted molar refractivity (Wildman–Crippen MR) is 70.6 cm³/mol. The maximum absolute atomic E-state index is 12.2. The minimum absolute atomic E-state index is 0.140. The Morgan fingerprint density at radius 3 is 2.37 bits per heavy atom. The van der Waals surface area contributed by atoms with Crippen LogP contribution < -0.4 is 0 Å². The number of carbonyl (C=O) groups is 2. The number of ether oxygens (including phenoxy) is 1. The zero-order valence-electron chi connectivity index (χ0n) is 11.9. The molecule has 106 valence electrons. The molecule has 1 aliphatic heterocycles. The first-order valence-corrected chi connectivity index (χ1v) is 7.05. The third kappa shape index (κ3) is 2.67. The van der Waals surface area contributed by atoms with Crippen molar-refractivity contribution in [1.29, 1.82) is 0 Å². The molecule has 0 aromatic heterocycles. The third-order valence-corrected chi connectivity index (χ3v) is 4.14. The monoisotopic (exact) mass is 266 g/mol. The van der Waals surface area contributed by atoms with Crippen LogP contribution >= 0.6 is 0 Å². The molecule has 1 saturated carbocycles. The summed E-state index contributed by atoms with van der Waals surface area (Å²) in [6.45, 7) is 5.97. The van der Waals surface area contributed by atoms with E-state index in [4.69, 9.17) is 4.74 Å². The summed E-state index contributed by atoms with van der Waals surface area (Å²) in [4.78, 5) is 24.2. The molecule has 2 rings (SSSR count). The lowest BCUT2D eigenvalue weighted by Gasteiger charge is -2.44. The summed E-state index contributed by atoms with van der Waals surface area (Å²) in [6, 6.07) is 0. The fourth-order valence-corrected chi connectivity index (χ4v) is 3.67. The van der Waals surface area contributed by atoms with Crippen LogP contribution in [0.2, 0.25) is 0 Å². The van der Waals surface area contributed by atoms with Crippen molar-refractivity contribution in [3.8, 4) is 0 Å². The van der Waals surface area contributed by atoms with E-state index in [1.54, 1.807) is 6.92 Å². The lowest BCUT2D eigenvalue weighted by atomic mass is 9.70. The minimum atomic E-state index is -0.642. The molecule has 0 aromatic carbocycles. The molecule has 1 heterocycles. The first kappa shape index (κ1) is 14.1. The molecular weight excluding hydrogens is 244 g/mol. The summed E-state index contributed by atoms with van der Waals surface area (Å²) in [6.07, 6.45) is 3.09. The maximum Gasteiger partial charge on any atom is 0.345 e. The Bertz CT molecular complexity index is 403. The van der Waals surface area contributed by atoms with Crippen LogP contribution in [0.5, 0.6) is 0 Å². The number of esters is 1. The van der Waals surface area contributed by atoms with Crippen LogP contribution in [-0.2, 0) is 14.3 Å². The second kappa shape index (κ2) is 4.99. The summed E-state index contributed by atoms with van der Waals surface area (Å²) < 4.78 is 5.58. The smallest absolute Gasteiger partial charge is 0.345 e. The van der Waals surface area contributed by atoms with Gasteiger partial charge in [-0.05, 0) is 31.1 Å². The van der Waals surface area contributed by atoms with Crippen LogP contribution in [0.3, 0.4) is 0 Å². The van der Waals surface area contributed by atoms with Gasteiger partial charge in [-0.15, -0.1) is 0 Å². The quantitative estimate of drug-likeness (QED) is 0.343. The molecule has 0 amide bonds. The Labute approximate surface area is 113 Å². The Balaban J connectivity index is 2.26. The van der Waals surface area contributed by atoms with Crippen LogP contribution in [0.15, 0.2) is 11.3 Å². The van der Waals surface area contributed by atoms with Crippen molar-refractivity contribution >= 4 is 11.8 Å². The van der Waals surface area contributed by atoms with Crippen LogP contribution in [0.25, 0.3) is 0 Å². The first-order chi connectivity index (χ1) is 8.87. The number of aliphatic hydroxyl groups excluding tert-OH is 1. The van der Waals surface area contributed by atoms with E-state index in [1.807, 2.05) is 0 Å². The molecule has 2 unspecified atom stereocenters. The van der Waals surface area contributed by atoms with Gasteiger partial charge < -0.3 is 9.84 Å². The van der Waals surface area contributed by atoms with E-state index >= 15 is 0 Å². The van der Waals surface area contributed by atoms with Gasteiger partial charge in [0.2, 0.25) is 0 Å². The van der Waals surface area contributed by atoms with Crippen molar-refractivity contribution in [3.63, 3.8) is 0 Å². The number of hydrogen-bond acceptors (Lipinski definition) is 4. The molecule has 19 heavy (non-hydrogen) atoms. The molecule has 4 heteroatoms. The molecule has 0 aromatic rings. The van der Waals surface area contributed by atoms with Crippen molar-refractivity contribution in [2.24, 2.45) is 11.8 Å². The molecular formula is C15H22O4. The number of allylic oxidation sites excluding steroid dienone is 1. The van der Waals surface area contributed by atoms with E-state index in [1.165, 1.54) is 0 Å². The Kier molecular flexibility index (Phi) is 3.70. The van der Waals surface area contributed by atoms with Gasteiger partial charge in [0, 0.05) is 6.42 Å².